The Bertz CT molecular complexity index is 970. The molecule has 1 amide bonds. The van der Waals surface area contributed by atoms with E-state index in [1.54, 1.807) is 4.90 Å². The van der Waals surface area contributed by atoms with Gasteiger partial charge >= 0.3 is 5.97 Å². The van der Waals surface area contributed by atoms with Crippen LogP contribution in [-0.4, -0.2) is 61.5 Å². The number of nitrogens with zero attached hydrogens (tertiary/aromatic N) is 3. The van der Waals surface area contributed by atoms with Gasteiger partial charge in [0.15, 0.2) is 6.04 Å². The van der Waals surface area contributed by atoms with Crippen LogP contribution in [0.15, 0.2) is 48.5 Å². The maximum absolute atomic E-state index is 13.0. The summed E-state index contributed by atoms with van der Waals surface area (Å²) in [6.45, 7) is 7.53. The smallest absolute Gasteiger partial charge is 0.333 e. The second-order valence-electron chi connectivity index (χ2n) is 9.35. The molecule has 0 aromatic heterocycles. The van der Waals surface area contributed by atoms with Crippen molar-refractivity contribution in [3.05, 3.63) is 65.2 Å². The van der Waals surface area contributed by atoms with Crippen molar-refractivity contribution in [2.45, 2.75) is 51.6 Å². The molecule has 1 atom stereocenters. The van der Waals surface area contributed by atoms with Crippen LogP contribution in [0.1, 0.15) is 55.3 Å². The highest BCUT2D eigenvalue weighted by atomic mass is 16.5. The summed E-state index contributed by atoms with van der Waals surface area (Å²) in [5, 5.41) is 0. The first-order valence-electron chi connectivity index (χ1n) is 12.6. The molecular weight excluding hydrogens is 426 g/mol. The molecule has 2 aliphatic rings. The topological polar surface area (TPSA) is 53.1 Å². The first-order chi connectivity index (χ1) is 16.6. The molecular formula is C28H37N3O3. The van der Waals surface area contributed by atoms with Crippen molar-refractivity contribution in [1.29, 1.82) is 0 Å². The fourth-order valence-electron chi connectivity index (χ4n) is 5.11. The molecule has 0 aliphatic carbocycles. The molecule has 1 fully saturated rings. The summed E-state index contributed by atoms with van der Waals surface area (Å²) in [5.41, 5.74) is 4.52. The third kappa shape index (κ3) is 5.61. The average molecular weight is 464 g/mol. The van der Waals surface area contributed by atoms with Gasteiger partial charge in [-0.3, -0.25) is 9.69 Å². The van der Waals surface area contributed by atoms with Crippen molar-refractivity contribution in [3.8, 4) is 0 Å². The van der Waals surface area contributed by atoms with Crippen molar-refractivity contribution in [2.24, 2.45) is 0 Å². The number of fused-ring (bicyclic) bond motifs is 1. The van der Waals surface area contributed by atoms with Crippen LogP contribution in [0.3, 0.4) is 0 Å². The highest BCUT2D eigenvalue weighted by molar-refractivity contribution is 5.87. The van der Waals surface area contributed by atoms with E-state index in [-0.39, 0.29) is 11.9 Å². The number of carbonyl (C=O) groups excluding carboxylic acids is 2. The van der Waals surface area contributed by atoms with Crippen molar-refractivity contribution < 1.29 is 14.3 Å². The monoisotopic (exact) mass is 463 g/mol. The summed E-state index contributed by atoms with van der Waals surface area (Å²) in [7, 11) is 1.41. The minimum Gasteiger partial charge on any atom is -0.467 e. The van der Waals surface area contributed by atoms with E-state index >= 15 is 0 Å². The Morgan fingerprint density at radius 1 is 0.971 bits per heavy atom. The van der Waals surface area contributed by atoms with Crippen LogP contribution in [0.4, 0.5) is 5.69 Å². The van der Waals surface area contributed by atoms with Gasteiger partial charge in [0.25, 0.3) is 0 Å². The number of hydrogen-bond donors (Lipinski definition) is 0. The first kappa shape index (κ1) is 24.3. The van der Waals surface area contributed by atoms with Crippen molar-refractivity contribution in [3.63, 3.8) is 0 Å². The van der Waals surface area contributed by atoms with E-state index in [2.05, 4.69) is 65.3 Å². The van der Waals surface area contributed by atoms with E-state index in [4.69, 9.17) is 4.74 Å². The lowest BCUT2D eigenvalue weighted by Crippen LogP contribution is -2.46. The fourth-order valence-corrected chi connectivity index (χ4v) is 5.11. The maximum atomic E-state index is 13.0. The summed E-state index contributed by atoms with van der Waals surface area (Å²) in [6, 6.07) is 16.4. The van der Waals surface area contributed by atoms with Gasteiger partial charge in [-0.2, -0.15) is 0 Å². The van der Waals surface area contributed by atoms with Crippen LogP contribution in [0, 0.1) is 0 Å². The lowest BCUT2D eigenvalue weighted by atomic mass is 9.91. The fraction of sp³-hybridized carbons (Fsp3) is 0.500. The minimum absolute atomic E-state index is 0.0504. The Hall–Kier alpha value is -2.86. The summed E-state index contributed by atoms with van der Waals surface area (Å²) in [4.78, 5) is 32.4. The normalized spacial score (nSPS) is 18.5. The molecule has 6 nitrogen and oxygen atoms in total. The maximum Gasteiger partial charge on any atom is 0.333 e. The van der Waals surface area contributed by atoms with Gasteiger partial charge in [0.2, 0.25) is 5.91 Å². The molecule has 2 aromatic rings. The lowest BCUT2D eigenvalue weighted by molar-refractivity contribution is -0.154. The first-order valence-corrected chi connectivity index (χ1v) is 12.6. The number of anilines is 1. The van der Waals surface area contributed by atoms with E-state index in [9.17, 15) is 9.59 Å². The van der Waals surface area contributed by atoms with E-state index in [1.807, 2.05) is 0 Å². The van der Waals surface area contributed by atoms with Crippen LogP contribution in [-0.2, 0) is 27.3 Å². The number of methoxy groups -OCH3 is 1. The molecule has 182 valence electrons. The van der Waals surface area contributed by atoms with Crippen LogP contribution in [0.2, 0.25) is 0 Å². The van der Waals surface area contributed by atoms with Gasteiger partial charge in [-0.1, -0.05) is 56.2 Å². The number of esters is 1. The number of amides is 1. The number of carbonyl (C=O) groups is 2. The van der Waals surface area contributed by atoms with Gasteiger partial charge < -0.3 is 14.5 Å². The van der Waals surface area contributed by atoms with Crippen LogP contribution in [0.25, 0.3) is 0 Å². The SMILES string of the molecule is CCCCCC(=O)N1CCc2ccc(N3CCN(Cc4ccccc4)CC3)cc2C1C(=O)OC. The van der Waals surface area contributed by atoms with E-state index < -0.39 is 6.04 Å². The second-order valence-corrected chi connectivity index (χ2v) is 9.35. The molecule has 0 radical (unpaired) electrons. The predicted molar refractivity (Wildman–Crippen MR) is 135 cm³/mol. The Morgan fingerprint density at radius 2 is 1.74 bits per heavy atom. The quantitative estimate of drug-likeness (QED) is 0.434. The number of benzene rings is 2. The molecule has 2 aromatic carbocycles. The number of hydrogen-bond acceptors (Lipinski definition) is 5. The van der Waals surface area contributed by atoms with Crippen LogP contribution in [0.5, 0.6) is 0 Å². The van der Waals surface area contributed by atoms with Gasteiger partial charge in [0.05, 0.1) is 7.11 Å². The van der Waals surface area contributed by atoms with Gasteiger partial charge in [-0.05, 0) is 41.7 Å². The Morgan fingerprint density at radius 3 is 2.44 bits per heavy atom. The zero-order valence-corrected chi connectivity index (χ0v) is 20.5. The van der Waals surface area contributed by atoms with E-state index in [1.165, 1.54) is 12.7 Å². The summed E-state index contributed by atoms with van der Waals surface area (Å²) < 4.78 is 5.16. The molecule has 4 rings (SSSR count). The Labute approximate surface area is 203 Å². The average Bonchev–Trinajstić information content (AvgIpc) is 2.88. The third-order valence-corrected chi connectivity index (χ3v) is 7.08. The highest BCUT2D eigenvalue weighted by Crippen LogP contribution is 2.34. The van der Waals surface area contributed by atoms with Gasteiger partial charge in [0, 0.05) is 51.4 Å². The molecule has 34 heavy (non-hydrogen) atoms. The summed E-state index contributed by atoms with van der Waals surface area (Å²) in [5.74, 6) is -0.302. The Kier molecular flexibility index (Phi) is 8.22. The largest absolute Gasteiger partial charge is 0.467 e. The molecule has 1 saturated heterocycles. The molecule has 0 N–H and O–H groups in total. The third-order valence-electron chi connectivity index (χ3n) is 7.08. The zero-order valence-electron chi connectivity index (χ0n) is 20.5. The summed E-state index contributed by atoms with van der Waals surface area (Å²) >= 11 is 0. The molecule has 0 saturated carbocycles. The van der Waals surface area contributed by atoms with Crippen molar-refractivity contribution in [1.82, 2.24) is 9.80 Å². The second kappa shape index (κ2) is 11.5. The van der Waals surface area contributed by atoms with E-state index in [0.717, 1.165) is 75.2 Å². The highest BCUT2D eigenvalue weighted by Gasteiger charge is 2.37. The van der Waals surface area contributed by atoms with Crippen molar-refractivity contribution >= 4 is 17.6 Å². The van der Waals surface area contributed by atoms with Crippen LogP contribution < -0.4 is 4.90 Å². The number of piperazine rings is 1. The van der Waals surface area contributed by atoms with Gasteiger partial charge in [0.1, 0.15) is 0 Å². The molecule has 2 aliphatic heterocycles. The number of unbranched alkanes of at least 4 members (excludes halogenated alkanes) is 2. The summed E-state index contributed by atoms with van der Waals surface area (Å²) in [6.07, 6.45) is 4.21. The van der Waals surface area contributed by atoms with Gasteiger partial charge in [-0.25, -0.2) is 4.79 Å². The standard InChI is InChI=1S/C28H37N3O3/c1-3-4-6-11-26(32)31-15-14-23-12-13-24(20-25(23)27(31)28(33)34-2)30-18-16-29(17-19-30)21-22-9-7-5-8-10-22/h5,7-10,12-13,20,27H,3-4,6,11,14-19,21H2,1-2H3. The Balaban J connectivity index is 1.47. The molecule has 6 heteroatoms. The minimum atomic E-state index is -0.651. The predicted octanol–water partition coefficient (Wildman–Crippen LogP) is 4.19. The molecule has 0 spiro atoms. The zero-order chi connectivity index (χ0) is 23.9. The van der Waals surface area contributed by atoms with Gasteiger partial charge in [-0.15, -0.1) is 0 Å². The van der Waals surface area contributed by atoms with E-state index in [0.29, 0.717) is 13.0 Å². The number of rotatable bonds is 8. The van der Waals surface area contributed by atoms with Crippen LogP contribution >= 0.6 is 0 Å². The number of ether oxygens (including phenoxy) is 1. The van der Waals surface area contributed by atoms with Crippen molar-refractivity contribution in [2.75, 3.05) is 44.7 Å². The molecule has 2 heterocycles. The molecule has 0 bridgehead atoms. The lowest BCUT2D eigenvalue weighted by Gasteiger charge is -2.38. The molecule has 1 unspecified atom stereocenters.